The Hall–Kier alpha value is -2.70. The average molecular weight is 370 g/mol. The molecule has 4 aromatic rings. The number of anilines is 1. The van der Waals surface area contributed by atoms with Gasteiger partial charge in [0, 0.05) is 11.6 Å². The maximum Gasteiger partial charge on any atom is 0.279 e. The number of halogens is 1. The monoisotopic (exact) mass is 369 g/mol. The van der Waals surface area contributed by atoms with Crippen LogP contribution in [0.15, 0.2) is 53.1 Å². The molecule has 2 heterocycles. The molecule has 0 aliphatic carbocycles. The number of fused-ring (bicyclic) bond motifs is 1. The second kappa shape index (κ2) is 6.31. The summed E-state index contributed by atoms with van der Waals surface area (Å²) >= 11 is 7.53. The predicted molar refractivity (Wildman–Crippen MR) is 99.3 cm³/mol. The van der Waals surface area contributed by atoms with Gasteiger partial charge in [0.25, 0.3) is 5.91 Å². The van der Waals surface area contributed by atoms with E-state index >= 15 is 0 Å². The Morgan fingerprint density at radius 2 is 2.00 bits per heavy atom. The summed E-state index contributed by atoms with van der Waals surface area (Å²) in [6.45, 7) is 1.95. The quantitative estimate of drug-likeness (QED) is 0.541. The van der Waals surface area contributed by atoms with Crippen molar-refractivity contribution in [1.29, 1.82) is 0 Å². The summed E-state index contributed by atoms with van der Waals surface area (Å²) in [5, 5.41) is 7.69. The number of hydrogen-bond acceptors (Lipinski definition) is 5. The molecule has 0 aliphatic heterocycles. The molecule has 0 fully saturated rings. The van der Waals surface area contributed by atoms with Gasteiger partial charge in [0.2, 0.25) is 0 Å². The Morgan fingerprint density at radius 1 is 1.20 bits per heavy atom. The molecule has 0 bridgehead atoms. The standard InChI is InChI=1S/C18H12ClN3O2S/c1-10-7-8-12(19)16-15(10)20-18(25-16)21-17(23)13-9-14(24-22-13)11-5-3-2-4-6-11/h2-9H,1H3,(H,20,21,23). The number of thiazole rings is 1. The number of carbonyl (C=O) groups excluding carboxylic acids is 1. The van der Waals surface area contributed by atoms with Crippen molar-refractivity contribution >= 4 is 44.2 Å². The zero-order chi connectivity index (χ0) is 17.4. The van der Waals surface area contributed by atoms with E-state index in [2.05, 4.69) is 15.5 Å². The highest BCUT2D eigenvalue weighted by Crippen LogP contribution is 2.34. The maximum atomic E-state index is 12.4. The van der Waals surface area contributed by atoms with Gasteiger partial charge in [0.1, 0.15) is 0 Å². The van der Waals surface area contributed by atoms with Crippen LogP contribution in [0.25, 0.3) is 21.5 Å². The van der Waals surface area contributed by atoms with E-state index in [1.807, 2.05) is 49.4 Å². The van der Waals surface area contributed by atoms with Crippen LogP contribution in [-0.4, -0.2) is 16.0 Å². The van der Waals surface area contributed by atoms with Crippen LogP contribution in [0, 0.1) is 6.92 Å². The van der Waals surface area contributed by atoms with E-state index in [1.54, 1.807) is 6.07 Å². The largest absolute Gasteiger partial charge is 0.355 e. The summed E-state index contributed by atoms with van der Waals surface area (Å²) in [6.07, 6.45) is 0. The average Bonchev–Trinajstić information content (AvgIpc) is 3.27. The molecule has 0 spiro atoms. The van der Waals surface area contributed by atoms with Crippen LogP contribution in [0.3, 0.4) is 0 Å². The van der Waals surface area contributed by atoms with Gasteiger partial charge in [-0.1, -0.05) is 64.5 Å². The molecule has 1 N–H and O–H groups in total. The molecule has 0 saturated carbocycles. The molecule has 0 radical (unpaired) electrons. The van der Waals surface area contributed by atoms with Crippen molar-refractivity contribution in [2.75, 3.05) is 5.32 Å². The van der Waals surface area contributed by atoms with E-state index in [0.29, 0.717) is 15.9 Å². The van der Waals surface area contributed by atoms with Crippen molar-refractivity contribution in [2.45, 2.75) is 6.92 Å². The maximum absolute atomic E-state index is 12.4. The molecule has 0 saturated heterocycles. The molecule has 124 valence electrons. The van der Waals surface area contributed by atoms with Crippen LogP contribution in [0.2, 0.25) is 5.02 Å². The topological polar surface area (TPSA) is 68.0 Å². The number of nitrogens with zero attached hydrogens (tertiary/aromatic N) is 2. The summed E-state index contributed by atoms with van der Waals surface area (Å²) in [4.78, 5) is 16.9. The Labute approximate surface area is 152 Å². The second-order valence-corrected chi connectivity index (χ2v) is 6.86. The Morgan fingerprint density at radius 3 is 2.76 bits per heavy atom. The van der Waals surface area contributed by atoms with E-state index in [-0.39, 0.29) is 11.6 Å². The van der Waals surface area contributed by atoms with Gasteiger partial charge in [-0.2, -0.15) is 0 Å². The van der Waals surface area contributed by atoms with Gasteiger partial charge < -0.3 is 4.52 Å². The molecule has 7 heteroatoms. The zero-order valence-corrected chi connectivity index (χ0v) is 14.7. The first-order valence-corrected chi connectivity index (χ1v) is 8.70. The lowest BCUT2D eigenvalue weighted by Crippen LogP contribution is -2.11. The molecule has 25 heavy (non-hydrogen) atoms. The summed E-state index contributed by atoms with van der Waals surface area (Å²) in [5.74, 6) is 0.160. The highest BCUT2D eigenvalue weighted by molar-refractivity contribution is 7.23. The van der Waals surface area contributed by atoms with Gasteiger partial charge in [-0.25, -0.2) is 4.98 Å². The predicted octanol–water partition coefficient (Wildman–Crippen LogP) is 5.17. The van der Waals surface area contributed by atoms with Crippen LogP contribution >= 0.6 is 22.9 Å². The van der Waals surface area contributed by atoms with Crippen molar-refractivity contribution in [3.63, 3.8) is 0 Å². The van der Waals surface area contributed by atoms with Gasteiger partial charge in [-0.15, -0.1) is 0 Å². The Kier molecular flexibility index (Phi) is 3.99. The summed E-state index contributed by atoms with van der Waals surface area (Å²) in [7, 11) is 0. The molecule has 5 nitrogen and oxygen atoms in total. The van der Waals surface area contributed by atoms with Crippen molar-refractivity contribution in [3.05, 3.63) is 64.8 Å². The van der Waals surface area contributed by atoms with E-state index < -0.39 is 0 Å². The van der Waals surface area contributed by atoms with Crippen LogP contribution in [-0.2, 0) is 0 Å². The smallest absolute Gasteiger partial charge is 0.279 e. The van der Waals surface area contributed by atoms with Gasteiger partial charge in [-0.3, -0.25) is 10.1 Å². The lowest BCUT2D eigenvalue weighted by molar-refractivity contribution is 0.101. The van der Waals surface area contributed by atoms with Crippen molar-refractivity contribution in [1.82, 2.24) is 10.1 Å². The third kappa shape index (κ3) is 3.01. The van der Waals surface area contributed by atoms with Crippen LogP contribution in [0.4, 0.5) is 5.13 Å². The van der Waals surface area contributed by atoms with Crippen LogP contribution < -0.4 is 5.32 Å². The first kappa shape index (κ1) is 15.8. The second-order valence-electron chi connectivity index (χ2n) is 5.46. The molecule has 1 amide bonds. The first-order chi connectivity index (χ1) is 12.1. The minimum absolute atomic E-state index is 0.195. The van der Waals surface area contributed by atoms with Gasteiger partial charge in [0.15, 0.2) is 16.6 Å². The molecule has 2 aromatic heterocycles. The normalized spacial score (nSPS) is 11.0. The highest BCUT2D eigenvalue weighted by atomic mass is 35.5. The number of aryl methyl sites for hydroxylation is 1. The zero-order valence-electron chi connectivity index (χ0n) is 13.1. The molecule has 0 unspecified atom stereocenters. The van der Waals surface area contributed by atoms with Crippen molar-refractivity contribution in [3.8, 4) is 11.3 Å². The van der Waals surface area contributed by atoms with E-state index in [4.69, 9.17) is 16.1 Å². The third-order valence-electron chi connectivity index (χ3n) is 3.72. The number of benzene rings is 2. The van der Waals surface area contributed by atoms with E-state index in [9.17, 15) is 4.79 Å². The Bertz CT molecular complexity index is 1030. The molecule has 0 aliphatic rings. The molecular formula is C18H12ClN3O2S. The lowest BCUT2D eigenvalue weighted by atomic mass is 10.1. The molecular weight excluding hydrogens is 358 g/mol. The first-order valence-electron chi connectivity index (χ1n) is 7.51. The number of aromatic nitrogens is 2. The summed E-state index contributed by atoms with van der Waals surface area (Å²) in [6, 6.07) is 14.8. The van der Waals surface area contributed by atoms with Crippen LogP contribution in [0.5, 0.6) is 0 Å². The Balaban J connectivity index is 1.60. The van der Waals surface area contributed by atoms with E-state index in [1.165, 1.54) is 11.3 Å². The number of hydrogen-bond donors (Lipinski definition) is 1. The molecule has 4 rings (SSSR count). The summed E-state index contributed by atoms with van der Waals surface area (Å²) < 4.78 is 6.11. The fourth-order valence-electron chi connectivity index (χ4n) is 2.44. The highest BCUT2D eigenvalue weighted by Gasteiger charge is 2.17. The fourth-order valence-corrected chi connectivity index (χ4v) is 3.65. The van der Waals surface area contributed by atoms with Crippen molar-refractivity contribution in [2.24, 2.45) is 0 Å². The molecule has 2 aromatic carbocycles. The van der Waals surface area contributed by atoms with Crippen molar-refractivity contribution < 1.29 is 9.32 Å². The van der Waals surface area contributed by atoms with Gasteiger partial charge in [-0.05, 0) is 18.6 Å². The van der Waals surface area contributed by atoms with Crippen LogP contribution in [0.1, 0.15) is 16.1 Å². The van der Waals surface area contributed by atoms with E-state index in [0.717, 1.165) is 21.3 Å². The fraction of sp³-hybridized carbons (Fsp3) is 0.0556. The minimum atomic E-state index is -0.376. The third-order valence-corrected chi connectivity index (χ3v) is 5.15. The molecule has 0 atom stereocenters. The minimum Gasteiger partial charge on any atom is -0.355 e. The SMILES string of the molecule is Cc1ccc(Cl)c2sc(NC(=O)c3cc(-c4ccccc4)on3)nc12. The lowest BCUT2D eigenvalue weighted by Gasteiger charge is -1.96. The number of amides is 1. The number of nitrogens with one attached hydrogen (secondary N) is 1. The number of rotatable bonds is 3. The number of carbonyl (C=O) groups is 1. The van der Waals surface area contributed by atoms with Gasteiger partial charge in [0.05, 0.1) is 15.2 Å². The van der Waals surface area contributed by atoms with Gasteiger partial charge >= 0.3 is 0 Å². The summed E-state index contributed by atoms with van der Waals surface area (Å²) in [5.41, 5.74) is 2.85.